The summed E-state index contributed by atoms with van der Waals surface area (Å²) in [6.07, 6.45) is 1.61. The molecule has 13 heavy (non-hydrogen) atoms. The van der Waals surface area contributed by atoms with Crippen molar-refractivity contribution < 1.29 is 39.1 Å². The van der Waals surface area contributed by atoms with Crippen LogP contribution in [0.25, 0.3) is 0 Å². The zero-order chi connectivity index (χ0) is 8.97. The van der Waals surface area contributed by atoms with Gasteiger partial charge in [0.2, 0.25) is 0 Å². The average molecular weight is 294 g/mol. The molecule has 0 atom stereocenters. The molecule has 0 saturated heterocycles. The average Bonchev–Trinajstić information content (AvgIpc) is 2.05. The molecule has 72 valence electrons. The zero-order valence-corrected chi connectivity index (χ0v) is 9.57. The molecule has 1 rings (SSSR count). The molecule has 0 amide bonds. The summed E-state index contributed by atoms with van der Waals surface area (Å²) in [6, 6.07) is 3.24. The Labute approximate surface area is 93.6 Å². The Kier molecular flexibility index (Phi) is 5.36. The quantitative estimate of drug-likeness (QED) is 0.335. The van der Waals surface area contributed by atoms with Gasteiger partial charge in [-0.05, 0) is 17.3 Å². The smallest absolute Gasteiger partial charge is 0.251 e. The van der Waals surface area contributed by atoms with E-state index in [1.54, 1.807) is 25.3 Å². The summed E-state index contributed by atoms with van der Waals surface area (Å²) >= 11 is 0. The zero-order valence-electron chi connectivity index (χ0n) is 7.41. The summed E-state index contributed by atoms with van der Waals surface area (Å²) in [5.74, 6) is 0.138. The minimum Gasteiger partial charge on any atom is -1.00 e. The van der Waals surface area contributed by atoms with E-state index in [1.807, 2.05) is 0 Å². The number of pyridine rings is 1. The van der Waals surface area contributed by atoms with E-state index in [4.69, 9.17) is 0 Å². The number of nitrogens with one attached hydrogen (secondary N) is 1. The van der Waals surface area contributed by atoms with Crippen LogP contribution in [0, 0.1) is 0 Å². The van der Waals surface area contributed by atoms with E-state index in [2.05, 4.69) is 15.0 Å². The maximum absolute atomic E-state index is 9.33. The molecule has 0 bridgehead atoms. The fourth-order valence-corrected chi connectivity index (χ4v) is 0.887. The minimum atomic E-state index is 0. The van der Waals surface area contributed by atoms with Gasteiger partial charge in [0, 0.05) is 13.1 Å². The summed E-state index contributed by atoms with van der Waals surface area (Å²) in [6.45, 7) is 1.77. The van der Waals surface area contributed by atoms with Gasteiger partial charge in [-0.25, -0.2) is 4.98 Å². The second kappa shape index (κ2) is 5.74. The van der Waals surface area contributed by atoms with Crippen molar-refractivity contribution in [2.75, 3.05) is 7.11 Å². The highest BCUT2D eigenvalue weighted by Crippen LogP contribution is 2.11. The van der Waals surface area contributed by atoms with Gasteiger partial charge in [-0.2, -0.15) is 0 Å². The summed E-state index contributed by atoms with van der Waals surface area (Å²) in [5, 5.41) is 11.9. The number of aromatic nitrogens is 1. The van der Waals surface area contributed by atoms with E-state index in [0.29, 0.717) is 11.4 Å². The van der Waals surface area contributed by atoms with Crippen LogP contribution in [0.1, 0.15) is 12.6 Å². The molecule has 1 heterocycles. The molecule has 1 aromatic heterocycles. The minimum absolute atomic E-state index is 0. The van der Waals surface area contributed by atoms with Gasteiger partial charge < -0.3 is 29.1 Å². The maximum atomic E-state index is 9.33. The number of aromatic hydroxyl groups is 1. The van der Waals surface area contributed by atoms with E-state index in [0.717, 1.165) is 0 Å². The molecule has 0 fully saturated rings. The Morgan fingerprint density at radius 2 is 2.31 bits per heavy atom. The van der Waals surface area contributed by atoms with Crippen LogP contribution in [-0.4, -0.2) is 22.9 Å². The predicted molar refractivity (Wildman–Crippen MR) is 43.7 cm³/mol. The Bertz CT molecular complexity index is 302. The van der Waals surface area contributed by atoms with E-state index in [-0.39, 0.29) is 29.7 Å². The summed E-state index contributed by atoms with van der Waals surface area (Å²) in [5.41, 5.74) is 1.18. The Hall–Kier alpha value is -0.850. The third kappa shape index (κ3) is 3.17. The first-order valence-electron chi connectivity index (χ1n) is 3.52. The van der Waals surface area contributed by atoms with Gasteiger partial charge >= 0.3 is 0 Å². The lowest BCUT2D eigenvalue weighted by Gasteiger charge is -1.95. The van der Waals surface area contributed by atoms with E-state index < -0.39 is 0 Å². The summed E-state index contributed by atoms with van der Waals surface area (Å²) in [7, 11) is 1.50. The third-order valence-electron chi connectivity index (χ3n) is 1.40. The Balaban J connectivity index is 0.00000144. The number of hydrogen-bond donors (Lipinski definition) is 2. The van der Waals surface area contributed by atoms with Crippen LogP contribution in [0.4, 0.5) is 0 Å². The normalized spacial score (nSPS) is 10.5. The topological polar surface area (TPSA) is 56.3 Å². The number of rotatable bonds is 2. The maximum Gasteiger partial charge on any atom is 0.251 e. The fourth-order valence-electron chi connectivity index (χ4n) is 0.887. The molecule has 0 aliphatic rings. The standard InChI is InChI=1S/C8H10N2O2.HI/c1-6(10-12-2)8-7(11)4-3-5-9-8;/h3-5,11H,1-2H3;1H. The first kappa shape index (κ1) is 12.2. The van der Waals surface area contributed by atoms with Crippen LogP contribution in [0.15, 0.2) is 18.3 Å². The molecular formula is C8H11IN2O2. The number of hydrogen-bond acceptors (Lipinski definition) is 3. The lowest BCUT2D eigenvalue weighted by Crippen LogP contribution is -3.00. The molecule has 0 saturated carbocycles. The molecule has 2 N–H and O–H groups in total. The molecule has 0 aliphatic heterocycles. The number of nitrogens with zero attached hydrogens (tertiary/aromatic N) is 1. The summed E-state index contributed by atoms with van der Waals surface area (Å²) < 4.78 is 0. The largest absolute Gasteiger partial charge is 1.00 e. The van der Waals surface area contributed by atoms with Crippen molar-refractivity contribution >= 4 is 5.71 Å². The van der Waals surface area contributed by atoms with E-state index in [1.165, 1.54) is 7.11 Å². The monoisotopic (exact) mass is 294 g/mol. The SMILES string of the molecule is CO[NH+]=C(C)c1ncccc1O.[I-]. The van der Waals surface area contributed by atoms with Crippen LogP contribution >= 0.6 is 0 Å². The third-order valence-corrected chi connectivity index (χ3v) is 1.40. The van der Waals surface area contributed by atoms with Gasteiger partial charge in [0.05, 0.1) is 0 Å². The first-order chi connectivity index (χ1) is 5.75. The second-order valence-corrected chi connectivity index (χ2v) is 2.30. The van der Waals surface area contributed by atoms with Crippen molar-refractivity contribution in [1.82, 2.24) is 4.98 Å². The fraction of sp³-hybridized carbons (Fsp3) is 0.250. The highest BCUT2D eigenvalue weighted by Gasteiger charge is 2.10. The van der Waals surface area contributed by atoms with Crippen molar-refractivity contribution in [3.05, 3.63) is 24.0 Å². The Morgan fingerprint density at radius 1 is 1.62 bits per heavy atom. The van der Waals surface area contributed by atoms with Crippen molar-refractivity contribution in [3.63, 3.8) is 0 Å². The van der Waals surface area contributed by atoms with Crippen molar-refractivity contribution in [2.45, 2.75) is 6.92 Å². The van der Waals surface area contributed by atoms with Crippen LogP contribution in [0.3, 0.4) is 0 Å². The van der Waals surface area contributed by atoms with Gasteiger partial charge in [0.25, 0.3) is 5.71 Å². The van der Waals surface area contributed by atoms with E-state index >= 15 is 0 Å². The van der Waals surface area contributed by atoms with Crippen LogP contribution in [-0.2, 0) is 4.84 Å². The van der Waals surface area contributed by atoms with E-state index in [9.17, 15) is 5.11 Å². The highest BCUT2D eigenvalue weighted by molar-refractivity contribution is 5.94. The van der Waals surface area contributed by atoms with Gasteiger partial charge in [0.1, 0.15) is 12.9 Å². The molecule has 0 spiro atoms. The van der Waals surface area contributed by atoms with Crippen LogP contribution < -0.4 is 29.1 Å². The number of halogens is 1. The van der Waals surface area contributed by atoms with Crippen molar-refractivity contribution in [1.29, 1.82) is 0 Å². The van der Waals surface area contributed by atoms with Crippen molar-refractivity contribution in [3.8, 4) is 5.75 Å². The molecular weight excluding hydrogens is 283 g/mol. The van der Waals surface area contributed by atoms with Crippen LogP contribution in [0.5, 0.6) is 5.75 Å². The van der Waals surface area contributed by atoms with Gasteiger partial charge in [0.15, 0.2) is 5.69 Å². The lowest BCUT2D eigenvalue weighted by atomic mass is 10.2. The molecule has 1 aromatic rings. The molecule has 4 nitrogen and oxygen atoms in total. The molecule has 5 heteroatoms. The molecule has 0 unspecified atom stereocenters. The molecule has 0 radical (unpaired) electrons. The highest BCUT2D eigenvalue weighted by atomic mass is 127. The summed E-state index contributed by atoms with van der Waals surface area (Å²) in [4.78, 5) is 8.64. The first-order valence-corrected chi connectivity index (χ1v) is 3.52. The molecule has 0 aliphatic carbocycles. The van der Waals surface area contributed by atoms with Gasteiger partial charge in [-0.15, -0.1) is 0 Å². The second-order valence-electron chi connectivity index (χ2n) is 2.30. The van der Waals surface area contributed by atoms with Crippen molar-refractivity contribution in [2.24, 2.45) is 0 Å². The Morgan fingerprint density at radius 3 is 2.85 bits per heavy atom. The van der Waals surface area contributed by atoms with Gasteiger partial charge in [-0.3, -0.25) is 4.84 Å². The predicted octanol–water partition coefficient (Wildman–Crippen LogP) is -3.76. The lowest BCUT2D eigenvalue weighted by molar-refractivity contribution is -0.744. The van der Waals surface area contributed by atoms with Crippen LogP contribution in [0.2, 0.25) is 0 Å². The molecule has 0 aromatic carbocycles. The van der Waals surface area contributed by atoms with Gasteiger partial charge in [-0.1, -0.05) is 0 Å².